The van der Waals surface area contributed by atoms with Crippen LogP contribution in [-0.2, 0) is 0 Å². The molecule has 0 radical (unpaired) electrons. The predicted octanol–water partition coefficient (Wildman–Crippen LogP) is 1.97. The van der Waals surface area contributed by atoms with Crippen LogP contribution in [0, 0.1) is 11.8 Å². The van der Waals surface area contributed by atoms with E-state index in [2.05, 4.69) is 15.6 Å². The second-order valence-electron chi connectivity index (χ2n) is 7.28. The van der Waals surface area contributed by atoms with Crippen molar-refractivity contribution in [2.45, 2.75) is 25.0 Å². The Morgan fingerprint density at radius 2 is 1.68 bits per heavy atom. The highest BCUT2D eigenvalue weighted by Crippen LogP contribution is 2.33. The monoisotopic (exact) mass is 425 g/mol. The fourth-order valence-electron chi connectivity index (χ4n) is 4.14. The van der Waals surface area contributed by atoms with Gasteiger partial charge < -0.3 is 20.7 Å². The number of nitrogens with one attached hydrogen (secondary N) is 3. The van der Waals surface area contributed by atoms with Gasteiger partial charge in [0, 0.05) is 5.69 Å². The zero-order chi connectivity index (χ0) is 18.1. The van der Waals surface area contributed by atoms with Crippen LogP contribution in [0.5, 0.6) is 0 Å². The molecule has 1 amide bonds. The van der Waals surface area contributed by atoms with Crippen LogP contribution in [0.3, 0.4) is 0 Å². The number of H-pyrrole nitrogens is 1. The van der Waals surface area contributed by atoms with E-state index in [9.17, 15) is 14.7 Å². The Bertz CT molecular complexity index is 859. The number of hydrogen-bond donors (Lipinski definition) is 4. The Morgan fingerprint density at radius 3 is 2.36 bits per heavy atom. The molecule has 0 unspecified atom stereocenters. The molecule has 152 valence electrons. The number of hydrogen-bond acceptors (Lipinski definition) is 4. The zero-order valence-corrected chi connectivity index (χ0v) is 16.9. The minimum absolute atomic E-state index is 0. The van der Waals surface area contributed by atoms with Crippen LogP contribution in [0.1, 0.15) is 23.2 Å². The quantitative estimate of drug-likeness (QED) is 0.604. The van der Waals surface area contributed by atoms with Gasteiger partial charge in [-0.05, 0) is 55.5 Å². The molecule has 4 N–H and O–H groups in total. The first kappa shape index (κ1) is 22.4. The minimum Gasteiger partial charge on any atom is -0.391 e. The molecule has 1 saturated heterocycles. The molecule has 2 aliphatic rings. The van der Waals surface area contributed by atoms with Gasteiger partial charge in [-0.2, -0.15) is 0 Å². The molecule has 1 saturated carbocycles. The summed E-state index contributed by atoms with van der Waals surface area (Å²) in [5, 5.41) is 16.5. The molecule has 0 bridgehead atoms. The number of benzene rings is 1. The summed E-state index contributed by atoms with van der Waals surface area (Å²) in [6, 6.07) is 12.5. The molecule has 1 aromatic heterocycles. The van der Waals surface area contributed by atoms with Gasteiger partial charge in [0.15, 0.2) is 0 Å². The molecule has 2 heterocycles. The molecule has 4 rings (SSSR count). The summed E-state index contributed by atoms with van der Waals surface area (Å²) in [5.41, 5.74) is 1.21. The number of fused-ring (bicyclic) bond motifs is 1. The smallest absolute Gasteiger partial charge is 0.261 e. The summed E-state index contributed by atoms with van der Waals surface area (Å²) >= 11 is 0. The highest BCUT2D eigenvalue weighted by Gasteiger charge is 2.39. The summed E-state index contributed by atoms with van der Waals surface area (Å²) in [6.45, 7) is 1.86. The van der Waals surface area contributed by atoms with Crippen molar-refractivity contribution in [1.82, 2.24) is 15.6 Å². The van der Waals surface area contributed by atoms with Crippen LogP contribution in [-0.4, -0.2) is 41.2 Å². The number of aromatic amines is 1. The molecule has 6 nitrogen and oxygen atoms in total. The summed E-state index contributed by atoms with van der Waals surface area (Å²) in [7, 11) is 0. The van der Waals surface area contributed by atoms with E-state index in [1.807, 2.05) is 30.3 Å². The highest BCUT2D eigenvalue weighted by atomic mass is 35.5. The van der Waals surface area contributed by atoms with E-state index in [-0.39, 0.29) is 36.4 Å². The number of aliphatic hydroxyl groups is 1. The average Bonchev–Trinajstić information content (AvgIpc) is 3.09. The van der Waals surface area contributed by atoms with Gasteiger partial charge in [0.2, 0.25) is 0 Å². The fourth-order valence-corrected chi connectivity index (χ4v) is 4.14. The van der Waals surface area contributed by atoms with Crippen molar-refractivity contribution in [2.24, 2.45) is 11.8 Å². The molecule has 0 spiro atoms. The van der Waals surface area contributed by atoms with Crippen molar-refractivity contribution in [3.8, 4) is 11.3 Å². The number of halogens is 2. The van der Waals surface area contributed by atoms with E-state index in [4.69, 9.17) is 0 Å². The lowest BCUT2D eigenvalue weighted by Gasteiger charge is -2.35. The lowest BCUT2D eigenvalue weighted by molar-refractivity contribution is 0.0461. The van der Waals surface area contributed by atoms with Gasteiger partial charge in [-0.3, -0.25) is 9.59 Å². The van der Waals surface area contributed by atoms with Crippen LogP contribution in [0.2, 0.25) is 0 Å². The van der Waals surface area contributed by atoms with Crippen LogP contribution in [0.15, 0.2) is 47.3 Å². The lowest BCUT2D eigenvalue weighted by atomic mass is 9.77. The van der Waals surface area contributed by atoms with Crippen molar-refractivity contribution in [2.75, 3.05) is 13.1 Å². The van der Waals surface area contributed by atoms with Gasteiger partial charge in [-0.25, -0.2) is 0 Å². The standard InChI is InChI=1S/C20H23N3O3.2ClH/c24-18-9-14-11-21-10-13(14)8-17(18)23-20(26)15-6-7-16(22-19(15)25)12-4-2-1-3-5-12;;/h1-7,13-14,17-18,21,24H,8-11H2,(H,22,25)(H,23,26);2*1H/t13-,14+,17-,18-;;/m0../s1. The molecule has 4 atom stereocenters. The SMILES string of the molecule is Cl.Cl.O=C(N[C@H]1C[C@H]2CNC[C@H]2C[C@@H]1O)c1ccc(-c2ccccc2)[nH]c1=O. The van der Waals surface area contributed by atoms with Gasteiger partial charge in [-0.15, -0.1) is 24.8 Å². The normalized spacial score (nSPS) is 25.8. The first-order valence-corrected chi connectivity index (χ1v) is 9.10. The predicted molar refractivity (Wildman–Crippen MR) is 113 cm³/mol. The number of amides is 1. The molecule has 1 aliphatic carbocycles. The molecular weight excluding hydrogens is 401 g/mol. The third kappa shape index (κ3) is 4.58. The Morgan fingerprint density at radius 1 is 1.00 bits per heavy atom. The van der Waals surface area contributed by atoms with Crippen LogP contribution < -0.4 is 16.2 Å². The Kier molecular flexibility index (Phi) is 7.66. The van der Waals surface area contributed by atoms with Gasteiger partial charge in [0.25, 0.3) is 11.5 Å². The molecular formula is C20H25Cl2N3O3. The Hall–Kier alpha value is -1.86. The number of aromatic nitrogens is 1. The first-order valence-electron chi connectivity index (χ1n) is 9.10. The van der Waals surface area contributed by atoms with Crippen LogP contribution >= 0.6 is 24.8 Å². The fraction of sp³-hybridized carbons (Fsp3) is 0.400. The highest BCUT2D eigenvalue weighted by molar-refractivity contribution is 5.94. The second kappa shape index (κ2) is 9.56. The summed E-state index contributed by atoms with van der Waals surface area (Å²) in [5.74, 6) is 0.522. The molecule has 2 aromatic rings. The van der Waals surface area contributed by atoms with E-state index in [1.54, 1.807) is 12.1 Å². The first-order chi connectivity index (χ1) is 12.6. The summed E-state index contributed by atoms with van der Waals surface area (Å²) < 4.78 is 0. The topological polar surface area (TPSA) is 94.2 Å². The van der Waals surface area contributed by atoms with Gasteiger partial charge in [0.1, 0.15) is 5.56 Å². The molecule has 2 fully saturated rings. The van der Waals surface area contributed by atoms with Crippen LogP contribution in [0.4, 0.5) is 0 Å². The third-order valence-electron chi connectivity index (χ3n) is 5.60. The molecule has 1 aromatic carbocycles. The Labute approximate surface area is 176 Å². The molecule has 8 heteroatoms. The van der Waals surface area contributed by atoms with Gasteiger partial charge >= 0.3 is 0 Å². The van der Waals surface area contributed by atoms with E-state index >= 15 is 0 Å². The number of carbonyl (C=O) groups excluding carboxylic acids is 1. The maximum absolute atomic E-state index is 12.6. The average molecular weight is 426 g/mol. The largest absolute Gasteiger partial charge is 0.391 e. The Balaban J connectivity index is 0.00000140. The zero-order valence-electron chi connectivity index (χ0n) is 15.3. The second-order valence-corrected chi connectivity index (χ2v) is 7.28. The molecule has 1 aliphatic heterocycles. The number of aliphatic hydroxyl groups excluding tert-OH is 1. The van der Waals surface area contributed by atoms with Crippen molar-refractivity contribution in [3.63, 3.8) is 0 Å². The van der Waals surface area contributed by atoms with Crippen molar-refractivity contribution in [1.29, 1.82) is 0 Å². The van der Waals surface area contributed by atoms with E-state index < -0.39 is 17.6 Å². The molecule has 28 heavy (non-hydrogen) atoms. The van der Waals surface area contributed by atoms with Crippen LogP contribution in [0.25, 0.3) is 11.3 Å². The maximum atomic E-state index is 12.6. The van der Waals surface area contributed by atoms with E-state index in [1.165, 1.54) is 0 Å². The van der Waals surface area contributed by atoms with E-state index in [0.717, 1.165) is 25.1 Å². The van der Waals surface area contributed by atoms with Crippen molar-refractivity contribution >= 4 is 30.7 Å². The lowest BCUT2D eigenvalue weighted by Crippen LogP contribution is -2.50. The van der Waals surface area contributed by atoms with Crippen molar-refractivity contribution < 1.29 is 9.90 Å². The van der Waals surface area contributed by atoms with E-state index in [0.29, 0.717) is 24.0 Å². The third-order valence-corrected chi connectivity index (χ3v) is 5.60. The maximum Gasteiger partial charge on any atom is 0.261 e. The number of rotatable bonds is 3. The number of pyridine rings is 1. The van der Waals surface area contributed by atoms with Gasteiger partial charge in [0.05, 0.1) is 12.1 Å². The van der Waals surface area contributed by atoms with Crippen molar-refractivity contribution in [3.05, 3.63) is 58.4 Å². The van der Waals surface area contributed by atoms with Gasteiger partial charge in [-0.1, -0.05) is 30.3 Å². The number of carbonyl (C=O) groups is 1. The summed E-state index contributed by atoms with van der Waals surface area (Å²) in [6.07, 6.45) is 0.860. The minimum atomic E-state index is -0.567. The summed E-state index contributed by atoms with van der Waals surface area (Å²) in [4.78, 5) is 27.7.